The Balaban J connectivity index is 1.91. The lowest BCUT2D eigenvalue weighted by Crippen LogP contribution is -2.29. The van der Waals surface area contributed by atoms with Gasteiger partial charge in [0.05, 0.1) is 11.6 Å². The molecule has 0 aliphatic carbocycles. The molecule has 2 aromatic carbocycles. The Kier molecular flexibility index (Phi) is 7.37. The van der Waals surface area contributed by atoms with Gasteiger partial charge in [-0.05, 0) is 56.3 Å². The van der Waals surface area contributed by atoms with Crippen molar-refractivity contribution in [1.82, 2.24) is 0 Å². The summed E-state index contributed by atoms with van der Waals surface area (Å²) in [5, 5.41) is 2.80. The summed E-state index contributed by atoms with van der Waals surface area (Å²) < 4.78 is 24.0. The second-order valence-corrected chi connectivity index (χ2v) is 5.90. The molecule has 5 nitrogen and oxygen atoms in total. The van der Waals surface area contributed by atoms with Gasteiger partial charge in [0.1, 0.15) is 11.6 Å². The number of carbonyl (C=O) groups excluding carboxylic acids is 2. The predicted octanol–water partition coefficient (Wildman–Crippen LogP) is 4.46. The minimum Gasteiger partial charge on any atom is -0.494 e. The third kappa shape index (κ3) is 6.11. The summed E-state index contributed by atoms with van der Waals surface area (Å²) in [6, 6.07) is 11.0. The van der Waals surface area contributed by atoms with E-state index in [0.29, 0.717) is 18.0 Å². The molecule has 7 heteroatoms. The summed E-state index contributed by atoms with van der Waals surface area (Å²) >= 11 is 5.87. The van der Waals surface area contributed by atoms with Crippen molar-refractivity contribution in [2.75, 3.05) is 11.9 Å². The lowest BCUT2D eigenvalue weighted by atomic mass is 10.2. The van der Waals surface area contributed by atoms with E-state index in [0.717, 1.165) is 6.08 Å². The molecule has 0 saturated carbocycles. The zero-order valence-corrected chi connectivity index (χ0v) is 15.6. The second-order valence-electron chi connectivity index (χ2n) is 5.49. The minimum absolute atomic E-state index is 0.0719. The molecule has 1 amide bonds. The quantitative estimate of drug-likeness (QED) is 0.559. The van der Waals surface area contributed by atoms with Gasteiger partial charge in [-0.3, -0.25) is 4.79 Å². The number of nitrogens with one attached hydrogen (secondary N) is 1. The number of carbonyl (C=O) groups is 2. The number of amides is 1. The molecule has 142 valence electrons. The van der Waals surface area contributed by atoms with E-state index in [2.05, 4.69) is 5.32 Å². The van der Waals surface area contributed by atoms with Crippen LogP contribution in [0.3, 0.4) is 0 Å². The van der Waals surface area contributed by atoms with Crippen molar-refractivity contribution < 1.29 is 23.5 Å². The largest absolute Gasteiger partial charge is 0.494 e. The topological polar surface area (TPSA) is 64.6 Å². The molecule has 2 rings (SSSR count). The van der Waals surface area contributed by atoms with Gasteiger partial charge < -0.3 is 14.8 Å². The van der Waals surface area contributed by atoms with Gasteiger partial charge in [-0.1, -0.05) is 17.7 Å². The van der Waals surface area contributed by atoms with Crippen LogP contribution in [-0.4, -0.2) is 24.6 Å². The molecule has 0 heterocycles. The van der Waals surface area contributed by atoms with Gasteiger partial charge in [-0.25, -0.2) is 9.18 Å². The molecule has 1 atom stereocenters. The van der Waals surface area contributed by atoms with Gasteiger partial charge in [0.2, 0.25) is 0 Å². The van der Waals surface area contributed by atoms with Crippen LogP contribution in [0.15, 0.2) is 48.5 Å². The van der Waals surface area contributed by atoms with Crippen LogP contribution in [-0.2, 0) is 14.3 Å². The van der Waals surface area contributed by atoms with Crippen LogP contribution in [0.25, 0.3) is 6.08 Å². The van der Waals surface area contributed by atoms with E-state index in [-0.39, 0.29) is 10.6 Å². The molecular weight excluding hydrogens is 373 g/mol. The minimum atomic E-state index is -1.04. The third-order valence-electron chi connectivity index (χ3n) is 3.48. The van der Waals surface area contributed by atoms with Crippen LogP contribution >= 0.6 is 11.6 Å². The van der Waals surface area contributed by atoms with Crippen LogP contribution < -0.4 is 10.1 Å². The molecule has 0 aliphatic heterocycles. The first-order valence-electron chi connectivity index (χ1n) is 8.27. The van der Waals surface area contributed by atoms with E-state index in [9.17, 15) is 14.0 Å². The molecule has 0 spiro atoms. The van der Waals surface area contributed by atoms with Crippen LogP contribution in [0.5, 0.6) is 5.75 Å². The number of halogens is 2. The summed E-state index contributed by atoms with van der Waals surface area (Å²) in [6.45, 7) is 3.86. The van der Waals surface area contributed by atoms with E-state index in [1.807, 2.05) is 6.92 Å². The van der Waals surface area contributed by atoms with Crippen molar-refractivity contribution in [3.63, 3.8) is 0 Å². The first kappa shape index (κ1) is 20.5. The predicted molar refractivity (Wildman–Crippen MR) is 102 cm³/mol. The fourth-order valence-electron chi connectivity index (χ4n) is 2.13. The van der Waals surface area contributed by atoms with Gasteiger partial charge in [0.15, 0.2) is 6.10 Å². The highest BCUT2D eigenvalue weighted by molar-refractivity contribution is 6.32. The summed E-state index contributed by atoms with van der Waals surface area (Å²) in [7, 11) is 0. The SMILES string of the molecule is CCOc1ccc(NC(=O)C(C)OC(=O)/C=C/c2c(F)cccc2Cl)cc1. The van der Waals surface area contributed by atoms with E-state index in [4.69, 9.17) is 21.1 Å². The van der Waals surface area contributed by atoms with Gasteiger partial charge >= 0.3 is 5.97 Å². The average Bonchev–Trinajstić information content (AvgIpc) is 2.63. The number of anilines is 1. The fraction of sp³-hybridized carbons (Fsp3) is 0.200. The maximum Gasteiger partial charge on any atom is 0.331 e. The second kappa shape index (κ2) is 9.73. The number of hydrogen-bond acceptors (Lipinski definition) is 4. The first-order valence-corrected chi connectivity index (χ1v) is 8.65. The molecule has 0 aromatic heterocycles. The Labute approximate surface area is 161 Å². The van der Waals surface area contributed by atoms with Crippen molar-refractivity contribution in [3.05, 3.63) is 64.9 Å². The van der Waals surface area contributed by atoms with Gasteiger partial charge in [0.25, 0.3) is 5.91 Å². The van der Waals surface area contributed by atoms with Crippen molar-refractivity contribution in [2.24, 2.45) is 0 Å². The van der Waals surface area contributed by atoms with Crippen LogP contribution in [0.2, 0.25) is 5.02 Å². The summed E-state index contributed by atoms with van der Waals surface area (Å²) in [5.41, 5.74) is 0.614. The van der Waals surface area contributed by atoms with Gasteiger partial charge in [0, 0.05) is 17.3 Å². The lowest BCUT2D eigenvalue weighted by molar-refractivity contribution is -0.148. The molecule has 27 heavy (non-hydrogen) atoms. The monoisotopic (exact) mass is 391 g/mol. The van der Waals surface area contributed by atoms with E-state index in [1.165, 1.54) is 31.2 Å². The van der Waals surface area contributed by atoms with Crippen LogP contribution in [0, 0.1) is 5.82 Å². The number of ether oxygens (including phenoxy) is 2. The normalized spacial score (nSPS) is 11.9. The molecule has 0 aliphatic rings. The Morgan fingerprint density at radius 1 is 1.22 bits per heavy atom. The molecular formula is C20H19ClFNO4. The standard InChI is InChI=1S/C20H19ClFNO4/c1-3-26-15-9-7-14(8-10-15)23-20(25)13(2)27-19(24)12-11-16-17(21)5-4-6-18(16)22/h4-13H,3H2,1-2H3,(H,23,25)/b12-11+. The Morgan fingerprint density at radius 2 is 1.93 bits per heavy atom. The zero-order valence-electron chi connectivity index (χ0n) is 14.9. The Hall–Kier alpha value is -2.86. The number of esters is 1. The molecule has 1 N–H and O–H groups in total. The molecule has 0 fully saturated rings. The number of rotatable bonds is 7. The Bertz CT molecular complexity index is 816. The van der Waals surface area contributed by atoms with Crippen molar-refractivity contribution >= 4 is 35.2 Å². The molecule has 0 radical (unpaired) electrons. The van der Waals surface area contributed by atoms with Crippen LogP contribution in [0.1, 0.15) is 19.4 Å². The van der Waals surface area contributed by atoms with E-state index < -0.39 is 23.8 Å². The summed E-state index contributed by atoms with van der Waals surface area (Å²) in [4.78, 5) is 24.0. The smallest absolute Gasteiger partial charge is 0.331 e. The lowest BCUT2D eigenvalue weighted by Gasteiger charge is -2.13. The zero-order chi connectivity index (χ0) is 19.8. The number of benzene rings is 2. The maximum absolute atomic E-state index is 13.6. The summed E-state index contributed by atoms with van der Waals surface area (Å²) in [5.74, 6) is -1.16. The fourth-order valence-corrected chi connectivity index (χ4v) is 2.36. The summed E-state index contributed by atoms with van der Waals surface area (Å²) in [6.07, 6.45) is 1.19. The Morgan fingerprint density at radius 3 is 2.56 bits per heavy atom. The average molecular weight is 392 g/mol. The highest BCUT2D eigenvalue weighted by Crippen LogP contribution is 2.20. The van der Waals surface area contributed by atoms with Crippen molar-refractivity contribution in [1.29, 1.82) is 0 Å². The van der Waals surface area contributed by atoms with Gasteiger partial charge in [-0.15, -0.1) is 0 Å². The van der Waals surface area contributed by atoms with E-state index in [1.54, 1.807) is 24.3 Å². The third-order valence-corrected chi connectivity index (χ3v) is 3.81. The van der Waals surface area contributed by atoms with Gasteiger partial charge in [-0.2, -0.15) is 0 Å². The highest BCUT2D eigenvalue weighted by Gasteiger charge is 2.17. The molecule has 0 saturated heterocycles. The van der Waals surface area contributed by atoms with Crippen molar-refractivity contribution in [2.45, 2.75) is 20.0 Å². The maximum atomic E-state index is 13.6. The first-order chi connectivity index (χ1) is 12.9. The van der Waals surface area contributed by atoms with Crippen LogP contribution in [0.4, 0.5) is 10.1 Å². The van der Waals surface area contributed by atoms with Crippen molar-refractivity contribution in [3.8, 4) is 5.75 Å². The highest BCUT2D eigenvalue weighted by atomic mass is 35.5. The number of hydrogen-bond donors (Lipinski definition) is 1. The van der Waals surface area contributed by atoms with E-state index >= 15 is 0 Å². The molecule has 0 bridgehead atoms. The molecule has 1 unspecified atom stereocenters. The molecule has 2 aromatic rings.